The summed E-state index contributed by atoms with van der Waals surface area (Å²) in [6, 6.07) is 27.7. The van der Waals surface area contributed by atoms with Crippen molar-refractivity contribution in [2.24, 2.45) is 5.92 Å². The van der Waals surface area contributed by atoms with Crippen molar-refractivity contribution in [1.82, 2.24) is 10.2 Å². The van der Waals surface area contributed by atoms with Crippen LogP contribution >= 0.6 is 23.2 Å². The third-order valence-corrected chi connectivity index (χ3v) is 9.59. The van der Waals surface area contributed by atoms with Gasteiger partial charge in [0.1, 0.15) is 18.3 Å². The molecule has 2 amide bonds. The molecular formula is C36H39Cl2N3O5S. The van der Waals surface area contributed by atoms with Crippen LogP contribution in [-0.4, -0.2) is 50.9 Å². The summed E-state index contributed by atoms with van der Waals surface area (Å²) in [7, 11) is -4.27. The number of nitrogens with one attached hydrogen (secondary N) is 1. The lowest BCUT2D eigenvalue weighted by Gasteiger charge is -2.34. The average Bonchev–Trinajstić information content (AvgIpc) is 3.05. The predicted octanol–water partition coefficient (Wildman–Crippen LogP) is 7.00. The number of benzene rings is 4. The molecule has 0 saturated heterocycles. The monoisotopic (exact) mass is 695 g/mol. The molecule has 0 saturated carbocycles. The predicted molar refractivity (Wildman–Crippen MR) is 187 cm³/mol. The summed E-state index contributed by atoms with van der Waals surface area (Å²) in [5, 5.41) is 3.83. The Morgan fingerprint density at radius 2 is 1.49 bits per heavy atom. The number of hydrogen-bond acceptors (Lipinski definition) is 5. The summed E-state index contributed by atoms with van der Waals surface area (Å²) >= 11 is 12.4. The number of hydrogen-bond donors (Lipinski definition) is 1. The summed E-state index contributed by atoms with van der Waals surface area (Å²) in [4.78, 5) is 29.8. The molecule has 0 aliphatic carbocycles. The first-order valence-corrected chi connectivity index (χ1v) is 17.5. The van der Waals surface area contributed by atoms with Crippen molar-refractivity contribution in [2.45, 2.75) is 44.7 Å². The maximum Gasteiger partial charge on any atom is 0.264 e. The van der Waals surface area contributed by atoms with Crippen molar-refractivity contribution in [1.29, 1.82) is 0 Å². The Bertz CT molecular complexity index is 1730. The minimum absolute atomic E-state index is 0.0180. The Hall–Kier alpha value is -4.05. The Labute approximate surface area is 287 Å². The van der Waals surface area contributed by atoms with Crippen LogP contribution in [0.5, 0.6) is 5.75 Å². The third kappa shape index (κ3) is 9.97. The van der Waals surface area contributed by atoms with Gasteiger partial charge in [-0.15, -0.1) is 0 Å². The quantitative estimate of drug-likeness (QED) is 0.145. The van der Waals surface area contributed by atoms with E-state index in [-0.39, 0.29) is 35.4 Å². The summed E-state index contributed by atoms with van der Waals surface area (Å²) in [6.07, 6.45) is 0.212. The van der Waals surface area contributed by atoms with Crippen LogP contribution in [0.15, 0.2) is 108 Å². The van der Waals surface area contributed by atoms with E-state index in [1.165, 1.54) is 29.2 Å². The molecule has 0 aromatic heterocycles. The highest BCUT2D eigenvalue weighted by Crippen LogP contribution is 2.28. The molecule has 4 aromatic rings. The second-order valence-electron chi connectivity index (χ2n) is 11.4. The van der Waals surface area contributed by atoms with Gasteiger partial charge < -0.3 is 15.0 Å². The van der Waals surface area contributed by atoms with Gasteiger partial charge in [-0.3, -0.25) is 13.9 Å². The second-order valence-corrected chi connectivity index (χ2v) is 14.1. The standard InChI is InChI=1S/C36H39Cl2N3O5S/c1-4-46-32-17-15-31(16-18-32)41(47(44,45)33-19-13-29(37)14-20-33)25-35(42)40(24-28-11-8-12-30(38)21-28)34(36(43)39-23-26(2)3)22-27-9-6-5-7-10-27/h5-21,26,34H,4,22-25H2,1-3H3,(H,39,43)/t34-/m1/s1. The molecule has 4 aromatic carbocycles. The van der Waals surface area contributed by atoms with E-state index in [1.807, 2.05) is 57.2 Å². The minimum atomic E-state index is -4.27. The van der Waals surface area contributed by atoms with E-state index in [2.05, 4.69) is 5.32 Å². The number of ether oxygens (including phenoxy) is 1. The summed E-state index contributed by atoms with van der Waals surface area (Å²) < 4.78 is 35.0. The van der Waals surface area contributed by atoms with E-state index in [4.69, 9.17) is 27.9 Å². The molecule has 47 heavy (non-hydrogen) atoms. The number of halogens is 2. The topological polar surface area (TPSA) is 96.0 Å². The first kappa shape index (κ1) is 35.8. The fraction of sp³-hybridized carbons (Fsp3) is 0.278. The van der Waals surface area contributed by atoms with Gasteiger partial charge in [0.25, 0.3) is 10.0 Å². The van der Waals surface area contributed by atoms with Crippen molar-refractivity contribution in [3.8, 4) is 5.75 Å². The van der Waals surface area contributed by atoms with Crippen LogP contribution in [-0.2, 0) is 32.6 Å². The average molecular weight is 697 g/mol. The van der Waals surface area contributed by atoms with Crippen LogP contribution in [0.4, 0.5) is 5.69 Å². The zero-order valence-corrected chi connectivity index (χ0v) is 28.9. The number of carbonyl (C=O) groups excluding carboxylic acids is 2. The van der Waals surface area contributed by atoms with Gasteiger partial charge in [0.15, 0.2) is 0 Å². The van der Waals surface area contributed by atoms with Gasteiger partial charge in [-0.25, -0.2) is 8.42 Å². The summed E-state index contributed by atoms with van der Waals surface area (Å²) in [5.74, 6) is -0.185. The first-order chi connectivity index (χ1) is 22.5. The Morgan fingerprint density at radius 1 is 0.830 bits per heavy atom. The van der Waals surface area contributed by atoms with Crippen LogP contribution in [0, 0.1) is 5.92 Å². The van der Waals surface area contributed by atoms with E-state index in [1.54, 1.807) is 42.5 Å². The summed E-state index contributed by atoms with van der Waals surface area (Å²) in [5.41, 5.74) is 1.79. The Balaban J connectivity index is 1.80. The molecule has 0 radical (unpaired) electrons. The van der Waals surface area contributed by atoms with Gasteiger partial charge in [0.2, 0.25) is 11.8 Å². The van der Waals surface area contributed by atoms with Gasteiger partial charge in [-0.2, -0.15) is 0 Å². The largest absolute Gasteiger partial charge is 0.494 e. The molecule has 0 bridgehead atoms. The minimum Gasteiger partial charge on any atom is -0.494 e. The van der Waals surface area contributed by atoms with E-state index < -0.39 is 28.5 Å². The van der Waals surface area contributed by atoms with Crippen molar-refractivity contribution in [2.75, 3.05) is 24.0 Å². The zero-order valence-electron chi connectivity index (χ0n) is 26.6. The molecule has 248 valence electrons. The molecule has 11 heteroatoms. The Morgan fingerprint density at radius 3 is 2.11 bits per heavy atom. The highest BCUT2D eigenvalue weighted by molar-refractivity contribution is 7.92. The molecule has 8 nitrogen and oxygen atoms in total. The molecular weight excluding hydrogens is 657 g/mol. The normalized spacial score (nSPS) is 12.0. The highest BCUT2D eigenvalue weighted by atomic mass is 35.5. The molecule has 1 N–H and O–H groups in total. The molecule has 1 atom stereocenters. The van der Waals surface area contributed by atoms with Crippen molar-refractivity contribution in [3.05, 3.63) is 124 Å². The maximum absolute atomic E-state index is 14.6. The van der Waals surface area contributed by atoms with Crippen molar-refractivity contribution >= 4 is 50.7 Å². The highest BCUT2D eigenvalue weighted by Gasteiger charge is 2.34. The molecule has 4 rings (SSSR count). The molecule has 0 aliphatic heterocycles. The number of rotatable bonds is 15. The number of anilines is 1. The van der Waals surface area contributed by atoms with Crippen LogP contribution in [0.3, 0.4) is 0 Å². The number of sulfonamides is 1. The van der Waals surface area contributed by atoms with E-state index in [0.29, 0.717) is 34.5 Å². The number of carbonyl (C=O) groups is 2. The smallest absolute Gasteiger partial charge is 0.264 e. The molecule has 0 heterocycles. The maximum atomic E-state index is 14.6. The van der Waals surface area contributed by atoms with Crippen LogP contribution in [0.1, 0.15) is 31.9 Å². The molecule has 0 spiro atoms. The molecule has 0 aliphatic rings. The lowest BCUT2D eigenvalue weighted by Crippen LogP contribution is -2.53. The zero-order chi connectivity index (χ0) is 34.0. The van der Waals surface area contributed by atoms with Crippen LogP contribution in [0.2, 0.25) is 10.0 Å². The van der Waals surface area contributed by atoms with Crippen molar-refractivity contribution in [3.63, 3.8) is 0 Å². The van der Waals surface area contributed by atoms with Crippen LogP contribution in [0.25, 0.3) is 0 Å². The van der Waals surface area contributed by atoms with Crippen molar-refractivity contribution < 1.29 is 22.7 Å². The lowest BCUT2D eigenvalue weighted by molar-refractivity contribution is -0.140. The van der Waals surface area contributed by atoms with E-state index >= 15 is 0 Å². The third-order valence-electron chi connectivity index (χ3n) is 7.31. The van der Waals surface area contributed by atoms with Gasteiger partial charge in [-0.1, -0.05) is 79.5 Å². The van der Waals surface area contributed by atoms with E-state index in [0.717, 1.165) is 9.87 Å². The fourth-order valence-electron chi connectivity index (χ4n) is 4.95. The summed E-state index contributed by atoms with van der Waals surface area (Å²) in [6.45, 7) is 6.10. The van der Waals surface area contributed by atoms with Gasteiger partial charge in [0.05, 0.1) is 17.2 Å². The fourth-order valence-corrected chi connectivity index (χ4v) is 6.70. The van der Waals surface area contributed by atoms with E-state index in [9.17, 15) is 18.0 Å². The number of amides is 2. The van der Waals surface area contributed by atoms with Gasteiger partial charge in [-0.05, 0) is 84.6 Å². The number of nitrogens with zero attached hydrogens (tertiary/aromatic N) is 2. The SMILES string of the molecule is CCOc1ccc(N(CC(=O)N(Cc2cccc(Cl)c2)[C@H](Cc2ccccc2)C(=O)NCC(C)C)S(=O)(=O)c2ccc(Cl)cc2)cc1. The van der Waals surface area contributed by atoms with Crippen LogP contribution < -0.4 is 14.4 Å². The molecule has 0 fully saturated rings. The van der Waals surface area contributed by atoms with Gasteiger partial charge in [0, 0.05) is 29.6 Å². The Kier molecular flexibility index (Phi) is 12.7. The first-order valence-electron chi connectivity index (χ1n) is 15.3. The molecule has 0 unspecified atom stereocenters. The lowest BCUT2D eigenvalue weighted by atomic mass is 10.0. The van der Waals surface area contributed by atoms with Gasteiger partial charge >= 0.3 is 0 Å². The second kappa shape index (κ2) is 16.7.